The normalized spacial score (nSPS) is 12.5. The van der Waals surface area contributed by atoms with Crippen molar-refractivity contribution in [1.29, 1.82) is 0 Å². The maximum atomic E-state index is 10.4. The SMILES string of the molecule is O=S(=O)([O-])OCCC(CCOSOO[O-])OS(=O)(=O)[O-].[Na+].[Na+].[Na+]. The average Bonchev–Trinajstić information content (AvgIpc) is 2.24. The van der Waals surface area contributed by atoms with E-state index in [-0.39, 0.29) is 120 Å². The van der Waals surface area contributed by atoms with E-state index >= 15 is 0 Å². The van der Waals surface area contributed by atoms with E-state index in [1.807, 2.05) is 0 Å². The molecule has 0 N–H and O–H groups in total. The minimum absolute atomic E-state index is 0. The van der Waals surface area contributed by atoms with Gasteiger partial charge >= 0.3 is 88.7 Å². The van der Waals surface area contributed by atoms with Gasteiger partial charge in [-0.25, -0.2) is 16.8 Å². The van der Waals surface area contributed by atoms with E-state index in [4.69, 9.17) is 0 Å². The predicted molar refractivity (Wildman–Crippen MR) is 55.2 cm³/mol. The molecule has 0 heterocycles. The quantitative estimate of drug-likeness (QED) is 0.0545. The van der Waals surface area contributed by atoms with Gasteiger partial charge in [0.25, 0.3) is 0 Å². The summed E-state index contributed by atoms with van der Waals surface area (Å²) in [6.45, 7) is -0.919. The molecule has 0 aliphatic rings. The first kappa shape index (κ1) is 33.5. The average molecular weight is 426 g/mol. The van der Waals surface area contributed by atoms with Gasteiger partial charge < -0.3 is 14.4 Å². The van der Waals surface area contributed by atoms with Crippen molar-refractivity contribution in [2.75, 3.05) is 13.2 Å². The summed E-state index contributed by atoms with van der Waals surface area (Å²) in [5.74, 6) is 0. The third-order valence-corrected chi connectivity index (χ3v) is 2.89. The van der Waals surface area contributed by atoms with Crippen LogP contribution < -0.4 is 93.9 Å². The Morgan fingerprint density at radius 1 is 0.913 bits per heavy atom. The van der Waals surface area contributed by atoms with Gasteiger partial charge in [-0.15, -0.1) is 4.33 Å². The van der Waals surface area contributed by atoms with E-state index < -0.39 is 33.5 Å². The Bertz CT molecular complexity index is 455. The van der Waals surface area contributed by atoms with Crippen LogP contribution >= 0.6 is 12.3 Å². The Hall–Kier alpha value is 2.93. The summed E-state index contributed by atoms with van der Waals surface area (Å²) in [6.07, 6.45) is -1.86. The number of hydrogen-bond acceptors (Lipinski definition) is 13. The van der Waals surface area contributed by atoms with E-state index in [9.17, 15) is 31.2 Å². The van der Waals surface area contributed by atoms with E-state index in [1.54, 1.807) is 0 Å². The Balaban J connectivity index is -0.000000602. The van der Waals surface area contributed by atoms with Crippen LogP contribution in [0, 0.1) is 0 Å². The second-order valence-corrected chi connectivity index (χ2v) is 5.53. The molecule has 1 atom stereocenters. The third kappa shape index (κ3) is 27.3. The molecule has 0 saturated heterocycles. The fraction of sp³-hybridized carbons (Fsp3) is 1.00. The Morgan fingerprint density at radius 3 is 1.87 bits per heavy atom. The first-order valence-corrected chi connectivity index (χ1v) is 7.96. The summed E-state index contributed by atoms with van der Waals surface area (Å²) in [5, 5.41) is 12.3. The maximum Gasteiger partial charge on any atom is 1.00 e. The van der Waals surface area contributed by atoms with Crippen LogP contribution in [0.25, 0.3) is 0 Å². The van der Waals surface area contributed by atoms with Crippen molar-refractivity contribution in [3.05, 3.63) is 0 Å². The van der Waals surface area contributed by atoms with Gasteiger partial charge in [0.1, 0.15) is 0 Å². The van der Waals surface area contributed by atoms with Gasteiger partial charge in [-0.3, -0.25) is 17.6 Å². The summed E-state index contributed by atoms with van der Waals surface area (Å²) in [4.78, 5) is 0. The van der Waals surface area contributed by atoms with Crippen molar-refractivity contribution in [2.24, 2.45) is 0 Å². The molecule has 0 bridgehead atoms. The van der Waals surface area contributed by atoms with Crippen LogP contribution in [0.15, 0.2) is 0 Å². The summed E-state index contributed by atoms with van der Waals surface area (Å²) >= 11 is 0.146. The molecule has 0 saturated carbocycles. The molecule has 0 aromatic heterocycles. The molecular weight excluding hydrogens is 417 g/mol. The van der Waals surface area contributed by atoms with Crippen molar-refractivity contribution in [3.63, 3.8) is 0 Å². The van der Waals surface area contributed by atoms with Gasteiger partial charge in [0, 0.05) is 0 Å². The molecule has 0 aromatic rings. The minimum atomic E-state index is -5.04. The van der Waals surface area contributed by atoms with Crippen LogP contribution in [-0.2, 0) is 42.7 Å². The molecule has 0 fully saturated rings. The van der Waals surface area contributed by atoms with Crippen LogP contribution in [0.1, 0.15) is 12.8 Å². The molecule has 12 nitrogen and oxygen atoms in total. The second kappa shape index (κ2) is 18.3. The largest absolute Gasteiger partial charge is 1.00 e. The van der Waals surface area contributed by atoms with Crippen molar-refractivity contribution < 1.29 is 142 Å². The van der Waals surface area contributed by atoms with Crippen molar-refractivity contribution in [2.45, 2.75) is 18.9 Å². The zero-order valence-electron chi connectivity index (χ0n) is 12.5. The molecule has 0 radical (unpaired) electrons. The fourth-order valence-corrected chi connectivity index (χ4v) is 1.99. The molecule has 0 aliphatic carbocycles. The first-order valence-electron chi connectivity index (χ1n) is 4.63. The molecule has 0 spiro atoms. The second-order valence-electron chi connectivity index (χ2n) is 2.96. The topological polar surface area (TPSA) is 184 Å². The number of rotatable bonds is 12. The van der Waals surface area contributed by atoms with E-state index in [1.165, 1.54) is 0 Å². The van der Waals surface area contributed by atoms with E-state index in [0.717, 1.165) is 0 Å². The van der Waals surface area contributed by atoms with Gasteiger partial charge in [0.05, 0.1) is 19.3 Å². The predicted octanol–water partition coefficient (Wildman–Crippen LogP) is -11.1. The van der Waals surface area contributed by atoms with Gasteiger partial charge in [0.2, 0.25) is 20.8 Å². The molecule has 0 aliphatic heterocycles. The molecule has 18 heteroatoms. The molecule has 0 aromatic carbocycles. The zero-order chi connectivity index (χ0) is 15.6. The fourth-order valence-electron chi connectivity index (χ4n) is 0.933. The summed E-state index contributed by atoms with van der Waals surface area (Å²) in [5.41, 5.74) is 0. The molecular formula is C5H9Na3O12S3. The smallest absolute Gasteiger partial charge is 0.726 e. The summed E-state index contributed by atoms with van der Waals surface area (Å²) < 4.78 is 77.8. The molecule has 23 heavy (non-hydrogen) atoms. The van der Waals surface area contributed by atoms with Crippen molar-refractivity contribution in [3.8, 4) is 0 Å². The molecule has 122 valence electrons. The van der Waals surface area contributed by atoms with Crippen LogP contribution in [-0.4, -0.2) is 45.3 Å². The minimum Gasteiger partial charge on any atom is -0.726 e. The van der Waals surface area contributed by atoms with E-state index in [0.29, 0.717) is 0 Å². The van der Waals surface area contributed by atoms with Gasteiger partial charge in [-0.1, -0.05) is 0 Å². The van der Waals surface area contributed by atoms with Gasteiger partial charge in [-0.2, -0.15) is 0 Å². The molecule has 0 amide bonds. The summed E-state index contributed by atoms with van der Waals surface area (Å²) in [6, 6.07) is 0. The molecule has 1 unspecified atom stereocenters. The van der Waals surface area contributed by atoms with Gasteiger partial charge in [0.15, 0.2) is 12.3 Å². The van der Waals surface area contributed by atoms with Gasteiger partial charge in [-0.05, 0) is 12.8 Å². The molecule has 0 rings (SSSR count). The van der Waals surface area contributed by atoms with E-state index in [2.05, 4.69) is 21.9 Å². The van der Waals surface area contributed by atoms with Crippen molar-refractivity contribution >= 4 is 33.1 Å². The third-order valence-electron chi connectivity index (χ3n) is 1.55. The van der Waals surface area contributed by atoms with Crippen molar-refractivity contribution in [1.82, 2.24) is 0 Å². The first-order chi connectivity index (χ1) is 9.14. The monoisotopic (exact) mass is 426 g/mol. The summed E-state index contributed by atoms with van der Waals surface area (Å²) in [7, 11) is -9.97. The Kier molecular flexibility index (Phi) is 26.7. The Labute approximate surface area is 204 Å². The zero-order valence-corrected chi connectivity index (χ0v) is 21.0. The standard InChI is InChI=1S/C5H12O12S3.3Na/c6-16-17-18-13-3-1-5(15-20(10,11)12)2-4-14-19(7,8)9;;;/h5-6H,1-4H2,(H,7,8,9)(H,10,11,12);;;/q;3*+1/p-3. The van der Waals surface area contributed by atoms with Crippen LogP contribution in [0.3, 0.4) is 0 Å². The van der Waals surface area contributed by atoms with Crippen LogP contribution in [0.5, 0.6) is 0 Å². The van der Waals surface area contributed by atoms with Crippen LogP contribution in [0.4, 0.5) is 0 Å². The maximum absolute atomic E-state index is 10.4. The Morgan fingerprint density at radius 2 is 1.43 bits per heavy atom. The number of hydrogen-bond donors (Lipinski definition) is 0. The van der Waals surface area contributed by atoms with Crippen LogP contribution in [0.2, 0.25) is 0 Å².